The van der Waals surface area contributed by atoms with Crippen molar-refractivity contribution in [3.8, 4) is 11.8 Å². The van der Waals surface area contributed by atoms with Crippen molar-refractivity contribution in [3.63, 3.8) is 0 Å². The minimum atomic E-state index is -3.34. The Hall–Kier alpha value is -3.97. The van der Waals surface area contributed by atoms with Gasteiger partial charge in [0.25, 0.3) is 11.5 Å². The van der Waals surface area contributed by atoms with E-state index in [1.807, 2.05) is 13.0 Å². The summed E-state index contributed by atoms with van der Waals surface area (Å²) in [6.07, 6.45) is 3.84. The second kappa shape index (κ2) is 10.3. The maximum Gasteiger partial charge on any atom is 0.335 e. The molecule has 1 aromatic heterocycles. The summed E-state index contributed by atoms with van der Waals surface area (Å²) in [6.45, 7) is 2.33. The van der Waals surface area contributed by atoms with Crippen LogP contribution in [0.15, 0.2) is 69.2 Å². The number of sulfone groups is 1. The van der Waals surface area contributed by atoms with Gasteiger partial charge in [0.2, 0.25) is 0 Å². The molecule has 0 aliphatic rings. The fraction of sp³-hybridized carbons (Fsp3) is 0.250. The van der Waals surface area contributed by atoms with Crippen LogP contribution in [0.2, 0.25) is 0 Å². The van der Waals surface area contributed by atoms with E-state index < -0.39 is 27.0 Å². The first kappa shape index (κ1) is 24.7. The lowest BCUT2D eigenvalue weighted by Crippen LogP contribution is -2.43. The Balaban J connectivity index is 1.98. The van der Waals surface area contributed by atoms with Crippen molar-refractivity contribution < 1.29 is 13.2 Å². The minimum Gasteiger partial charge on any atom is -0.348 e. The SMILES string of the molecule is CCCCn1cc(C(=O)NCc2ccc(S(C)(=O)=O)cc2)c(=O)n(-c2cccc(C#N)c2)c1=O. The monoisotopic (exact) mass is 480 g/mol. The van der Waals surface area contributed by atoms with E-state index in [0.29, 0.717) is 18.5 Å². The second-order valence-electron chi connectivity index (χ2n) is 7.77. The van der Waals surface area contributed by atoms with Crippen molar-refractivity contribution in [1.29, 1.82) is 5.26 Å². The van der Waals surface area contributed by atoms with Crippen LogP contribution in [-0.4, -0.2) is 29.7 Å². The summed E-state index contributed by atoms with van der Waals surface area (Å²) in [5.41, 5.74) is -0.492. The van der Waals surface area contributed by atoms with E-state index in [0.717, 1.165) is 17.2 Å². The Kier molecular flexibility index (Phi) is 7.48. The third kappa shape index (κ3) is 5.50. The first-order valence-corrected chi connectivity index (χ1v) is 12.5. The van der Waals surface area contributed by atoms with Gasteiger partial charge in [0.1, 0.15) is 5.56 Å². The van der Waals surface area contributed by atoms with Crippen molar-refractivity contribution in [3.05, 3.63) is 92.3 Å². The second-order valence-corrected chi connectivity index (χ2v) is 9.79. The van der Waals surface area contributed by atoms with Gasteiger partial charge in [0.15, 0.2) is 9.84 Å². The number of nitriles is 1. The number of nitrogens with zero attached hydrogens (tertiary/aromatic N) is 3. The van der Waals surface area contributed by atoms with E-state index in [1.165, 1.54) is 35.0 Å². The Labute approximate surface area is 196 Å². The average Bonchev–Trinajstić information content (AvgIpc) is 2.82. The molecule has 10 heteroatoms. The first-order valence-electron chi connectivity index (χ1n) is 10.6. The summed E-state index contributed by atoms with van der Waals surface area (Å²) in [4.78, 5) is 39.3. The smallest absolute Gasteiger partial charge is 0.335 e. The van der Waals surface area contributed by atoms with Gasteiger partial charge in [-0.05, 0) is 42.3 Å². The number of benzene rings is 2. The van der Waals surface area contributed by atoms with Crippen LogP contribution in [0.4, 0.5) is 0 Å². The zero-order valence-corrected chi connectivity index (χ0v) is 19.6. The van der Waals surface area contributed by atoms with Gasteiger partial charge in [-0.2, -0.15) is 5.26 Å². The highest BCUT2D eigenvalue weighted by Gasteiger charge is 2.19. The summed E-state index contributed by atoms with van der Waals surface area (Å²) in [6, 6.07) is 14.1. The number of hydrogen-bond acceptors (Lipinski definition) is 6. The molecule has 0 saturated carbocycles. The Morgan fingerprint density at radius 1 is 1.12 bits per heavy atom. The normalized spacial score (nSPS) is 11.1. The van der Waals surface area contributed by atoms with Gasteiger partial charge in [0.05, 0.1) is 22.2 Å². The molecule has 0 aliphatic heterocycles. The van der Waals surface area contributed by atoms with Crippen LogP contribution in [0.1, 0.15) is 41.3 Å². The lowest BCUT2D eigenvalue weighted by atomic mass is 10.2. The highest BCUT2D eigenvalue weighted by molar-refractivity contribution is 7.90. The standard InChI is InChI=1S/C24H24N4O5S/c1-3-4-12-27-16-21(22(29)26-15-17-8-10-20(11-9-17)34(2,32)33)23(30)28(24(27)31)19-7-5-6-18(13-19)14-25/h5-11,13,16H,3-4,12,15H2,1-2H3,(H,26,29). The Morgan fingerprint density at radius 3 is 2.44 bits per heavy atom. The van der Waals surface area contributed by atoms with Crippen molar-refractivity contribution >= 4 is 15.7 Å². The van der Waals surface area contributed by atoms with E-state index in [1.54, 1.807) is 24.3 Å². The van der Waals surface area contributed by atoms with Gasteiger partial charge in [-0.3, -0.25) is 14.2 Å². The van der Waals surface area contributed by atoms with E-state index in [9.17, 15) is 28.1 Å². The molecule has 1 amide bonds. The summed E-state index contributed by atoms with van der Waals surface area (Å²) < 4.78 is 25.4. The predicted octanol–water partition coefficient (Wildman–Crippen LogP) is 2.00. The maximum absolute atomic E-state index is 13.2. The predicted molar refractivity (Wildman–Crippen MR) is 127 cm³/mol. The van der Waals surface area contributed by atoms with Gasteiger partial charge in [0, 0.05) is 25.5 Å². The van der Waals surface area contributed by atoms with Crippen LogP contribution in [0.25, 0.3) is 5.69 Å². The molecule has 34 heavy (non-hydrogen) atoms. The van der Waals surface area contributed by atoms with Crippen molar-refractivity contribution in [1.82, 2.24) is 14.5 Å². The zero-order chi connectivity index (χ0) is 24.9. The molecule has 2 aromatic carbocycles. The maximum atomic E-state index is 13.2. The fourth-order valence-electron chi connectivity index (χ4n) is 3.32. The van der Waals surface area contributed by atoms with Crippen molar-refractivity contribution in [2.75, 3.05) is 6.26 Å². The lowest BCUT2D eigenvalue weighted by molar-refractivity contribution is 0.0948. The third-order valence-corrected chi connectivity index (χ3v) is 6.32. The number of carbonyl (C=O) groups excluding carboxylic acids is 1. The molecule has 3 rings (SSSR count). The number of unbranched alkanes of at least 4 members (excludes halogenated alkanes) is 1. The Bertz CT molecular complexity index is 1480. The molecule has 0 spiro atoms. The highest BCUT2D eigenvalue weighted by atomic mass is 32.2. The molecule has 0 aliphatic carbocycles. The molecule has 1 heterocycles. The average molecular weight is 481 g/mol. The van der Waals surface area contributed by atoms with Crippen LogP contribution < -0.4 is 16.6 Å². The lowest BCUT2D eigenvalue weighted by Gasteiger charge is -2.13. The number of amides is 1. The fourth-order valence-corrected chi connectivity index (χ4v) is 3.95. The molecule has 0 saturated heterocycles. The molecule has 1 N–H and O–H groups in total. The first-order chi connectivity index (χ1) is 16.2. The van der Waals surface area contributed by atoms with E-state index in [4.69, 9.17) is 0 Å². The quantitative estimate of drug-likeness (QED) is 0.525. The number of aromatic nitrogens is 2. The van der Waals surface area contributed by atoms with E-state index >= 15 is 0 Å². The van der Waals surface area contributed by atoms with Crippen LogP contribution in [0, 0.1) is 11.3 Å². The Morgan fingerprint density at radius 2 is 1.82 bits per heavy atom. The number of hydrogen-bond donors (Lipinski definition) is 1. The molecule has 0 atom stereocenters. The molecule has 0 bridgehead atoms. The zero-order valence-electron chi connectivity index (χ0n) is 18.8. The van der Waals surface area contributed by atoms with Crippen LogP contribution in [0.5, 0.6) is 0 Å². The van der Waals surface area contributed by atoms with Gasteiger partial charge in [-0.15, -0.1) is 0 Å². The van der Waals surface area contributed by atoms with Crippen LogP contribution >= 0.6 is 0 Å². The minimum absolute atomic E-state index is 0.0559. The molecule has 0 fully saturated rings. The van der Waals surface area contributed by atoms with Gasteiger partial charge < -0.3 is 5.32 Å². The third-order valence-electron chi connectivity index (χ3n) is 5.19. The van der Waals surface area contributed by atoms with Crippen LogP contribution in [-0.2, 0) is 22.9 Å². The summed E-state index contributed by atoms with van der Waals surface area (Å²) in [5.74, 6) is -0.673. The van der Waals surface area contributed by atoms with Crippen molar-refractivity contribution in [2.45, 2.75) is 37.8 Å². The van der Waals surface area contributed by atoms with E-state index in [2.05, 4.69) is 5.32 Å². The van der Waals surface area contributed by atoms with Crippen LogP contribution in [0.3, 0.4) is 0 Å². The largest absolute Gasteiger partial charge is 0.348 e. The summed E-state index contributed by atoms with van der Waals surface area (Å²) >= 11 is 0. The summed E-state index contributed by atoms with van der Waals surface area (Å²) in [5, 5.41) is 11.8. The molecular weight excluding hydrogens is 456 g/mol. The molecule has 3 aromatic rings. The number of aryl methyl sites for hydroxylation is 1. The summed E-state index contributed by atoms with van der Waals surface area (Å²) in [7, 11) is -3.34. The number of rotatable bonds is 8. The van der Waals surface area contributed by atoms with Gasteiger partial charge in [-0.1, -0.05) is 31.5 Å². The van der Waals surface area contributed by atoms with Gasteiger partial charge >= 0.3 is 5.69 Å². The highest BCUT2D eigenvalue weighted by Crippen LogP contribution is 2.11. The molecule has 176 valence electrons. The molecular formula is C24H24N4O5S. The van der Waals surface area contributed by atoms with Gasteiger partial charge in [-0.25, -0.2) is 17.8 Å². The topological polar surface area (TPSA) is 131 Å². The number of carbonyl (C=O) groups is 1. The number of nitrogens with one attached hydrogen (secondary N) is 1. The molecule has 9 nitrogen and oxygen atoms in total. The van der Waals surface area contributed by atoms with Crippen molar-refractivity contribution in [2.24, 2.45) is 0 Å². The van der Waals surface area contributed by atoms with E-state index in [-0.39, 0.29) is 28.3 Å². The molecule has 0 unspecified atom stereocenters. The molecule has 0 radical (unpaired) electrons.